The van der Waals surface area contributed by atoms with Crippen molar-refractivity contribution < 1.29 is 0 Å². The molecule has 0 aromatic rings. The molecule has 0 rings (SSSR count). The van der Waals surface area contributed by atoms with Crippen molar-refractivity contribution in [2.75, 3.05) is 19.6 Å². The van der Waals surface area contributed by atoms with Gasteiger partial charge in [-0.15, -0.1) is 0 Å². The number of hydrogen-bond acceptors (Lipinski definition) is 2. The van der Waals surface area contributed by atoms with E-state index < -0.39 is 0 Å². The zero-order valence-electron chi connectivity index (χ0n) is 27.2. The molecule has 2 nitrogen and oxygen atoms in total. The van der Waals surface area contributed by atoms with E-state index in [0.717, 1.165) is 6.42 Å². The molecule has 0 saturated carbocycles. The van der Waals surface area contributed by atoms with Crippen molar-refractivity contribution in [3.05, 3.63) is 0 Å². The highest BCUT2D eigenvalue weighted by atomic mass is 15.1. The van der Waals surface area contributed by atoms with Crippen molar-refractivity contribution in [3.63, 3.8) is 0 Å². The molecule has 0 saturated heterocycles. The lowest BCUT2D eigenvalue weighted by molar-refractivity contribution is 0.252. The Balaban J connectivity index is 3.57. The Morgan fingerprint density at radius 1 is 0.368 bits per heavy atom. The Hall–Kier alpha value is -0.0800. The van der Waals surface area contributed by atoms with Gasteiger partial charge in [0.2, 0.25) is 0 Å². The number of nitrogens with zero attached hydrogens (tertiary/aromatic N) is 1. The first-order valence-corrected chi connectivity index (χ1v) is 18.2. The fraction of sp³-hybridized carbons (Fsp3) is 1.00. The van der Waals surface area contributed by atoms with E-state index >= 15 is 0 Å². The molecule has 0 aliphatic heterocycles. The number of rotatable bonds is 33. The summed E-state index contributed by atoms with van der Waals surface area (Å²) in [4.78, 5) is 2.73. The van der Waals surface area contributed by atoms with E-state index in [2.05, 4.69) is 25.7 Å². The zero-order chi connectivity index (χ0) is 27.8. The molecule has 0 bridgehead atoms. The van der Waals surface area contributed by atoms with Gasteiger partial charge in [-0.05, 0) is 45.8 Å². The molecule has 0 aliphatic carbocycles. The average Bonchev–Trinajstić information content (AvgIpc) is 2.91. The third-order valence-corrected chi connectivity index (χ3v) is 8.56. The highest BCUT2D eigenvalue weighted by Crippen LogP contribution is 2.15. The fourth-order valence-electron chi connectivity index (χ4n) is 5.78. The topological polar surface area (TPSA) is 29.3 Å². The first-order valence-electron chi connectivity index (χ1n) is 18.2. The first kappa shape index (κ1) is 37.9. The highest BCUT2D eigenvalue weighted by molar-refractivity contribution is 4.63. The molecule has 2 heteroatoms. The van der Waals surface area contributed by atoms with Gasteiger partial charge >= 0.3 is 0 Å². The average molecular weight is 537 g/mol. The van der Waals surface area contributed by atoms with Crippen LogP contribution in [0.1, 0.15) is 207 Å². The summed E-state index contributed by atoms with van der Waals surface area (Å²) in [5.74, 6) is 0. The molecule has 2 N–H and O–H groups in total. The molecule has 0 amide bonds. The van der Waals surface area contributed by atoms with Gasteiger partial charge in [0.25, 0.3) is 0 Å². The minimum absolute atomic E-state index is 0.338. The van der Waals surface area contributed by atoms with Crippen molar-refractivity contribution in [2.45, 2.75) is 213 Å². The lowest BCUT2D eigenvalue weighted by atomic mass is 10.0. The van der Waals surface area contributed by atoms with Crippen LogP contribution in [-0.4, -0.2) is 30.6 Å². The van der Waals surface area contributed by atoms with Crippen LogP contribution in [0.15, 0.2) is 0 Å². The van der Waals surface area contributed by atoms with Crippen molar-refractivity contribution in [3.8, 4) is 0 Å². The summed E-state index contributed by atoms with van der Waals surface area (Å²) in [5.41, 5.74) is 6.07. The Morgan fingerprint density at radius 3 is 0.842 bits per heavy atom. The second-order valence-electron chi connectivity index (χ2n) is 12.8. The maximum atomic E-state index is 6.07. The first-order chi connectivity index (χ1) is 18.7. The maximum Gasteiger partial charge on any atom is 0.00226 e. The lowest BCUT2D eigenvalue weighted by Gasteiger charge is -2.23. The SMILES string of the molecule is CCCCCCCCCCCCCCCCN(CCCCCCCCCCCCCCCC)CCC(C)N. The van der Waals surface area contributed by atoms with E-state index in [1.165, 1.54) is 199 Å². The van der Waals surface area contributed by atoms with Crippen LogP contribution in [-0.2, 0) is 0 Å². The van der Waals surface area contributed by atoms with Crippen molar-refractivity contribution in [1.82, 2.24) is 4.90 Å². The molecule has 0 aromatic carbocycles. The Labute approximate surface area is 243 Å². The van der Waals surface area contributed by atoms with Gasteiger partial charge in [-0.25, -0.2) is 0 Å². The van der Waals surface area contributed by atoms with Crippen LogP contribution in [0.3, 0.4) is 0 Å². The summed E-state index contributed by atoms with van der Waals surface area (Å²) in [6.07, 6.45) is 41.6. The van der Waals surface area contributed by atoms with Crippen LogP contribution < -0.4 is 5.73 Å². The van der Waals surface area contributed by atoms with E-state index in [9.17, 15) is 0 Å². The molecule has 38 heavy (non-hydrogen) atoms. The van der Waals surface area contributed by atoms with Crippen LogP contribution in [0.25, 0.3) is 0 Å². The van der Waals surface area contributed by atoms with Gasteiger partial charge in [-0.2, -0.15) is 0 Å². The van der Waals surface area contributed by atoms with Crippen LogP contribution >= 0.6 is 0 Å². The summed E-state index contributed by atoms with van der Waals surface area (Å²) in [6.45, 7) is 10.6. The maximum absolute atomic E-state index is 6.07. The smallest absolute Gasteiger partial charge is 0.00226 e. The Kier molecular flexibility index (Phi) is 33.1. The van der Waals surface area contributed by atoms with Gasteiger partial charge in [0.05, 0.1) is 0 Å². The molecule has 1 unspecified atom stereocenters. The number of unbranched alkanes of at least 4 members (excludes halogenated alkanes) is 26. The minimum Gasteiger partial charge on any atom is -0.328 e. The van der Waals surface area contributed by atoms with E-state index in [1.54, 1.807) is 0 Å². The van der Waals surface area contributed by atoms with Crippen LogP contribution in [0.4, 0.5) is 0 Å². The number of hydrogen-bond donors (Lipinski definition) is 1. The van der Waals surface area contributed by atoms with Crippen LogP contribution in [0.2, 0.25) is 0 Å². The summed E-state index contributed by atoms with van der Waals surface area (Å²) < 4.78 is 0. The third-order valence-electron chi connectivity index (χ3n) is 8.56. The van der Waals surface area contributed by atoms with Crippen LogP contribution in [0.5, 0.6) is 0 Å². The molecule has 1 atom stereocenters. The lowest BCUT2D eigenvalue weighted by Crippen LogP contribution is -2.31. The predicted octanol–water partition coefficient (Wildman–Crippen LogP) is 12.0. The quantitative estimate of drug-likeness (QED) is 0.0845. The second kappa shape index (κ2) is 33.1. The third kappa shape index (κ3) is 32.1. The number of nitrogens with two attached hydrogens (primary N) is 1. The molecule has 0 spiro atoms. The van der Waals surface area contributed by atoms with Crippen LogP contribution in [0, 0.1) is 0 Å². The van der Waals surface area contributed by atoms with Gasteiger partial charge in [0.1, 0.15) is 0 Å². The normalized spacial score (nSPS) is 12.6. The zero-order valence-corrected chi connectivity index (χ0v) is 27.2. The van der Waals surface area contributed by atoms with Gasteiger partial charge in [-0.1, -0.05) is 181 Å². The molecule has 0 aromatic heterocycles. The van der Waals surface area contributed by atoms with Gasteiger partial charge in [0.15, 0.2) is 0 Å². The standard InChI is InChI=1S/C36H76N2/c1-4-6-8-10-12-14-16-18-20-22-24-26-28-30-33-38(35-32-36(3)37)34-31-29-27-25-23-21-19-17-15-13-11-9-7-5-2/h36H,4-35,37H2,1-3H3. The van der Waals surface area contributed by atoms with E-state index in [1.807, 2.05) is 0 Å². The van der Waals surface area contributed by atoms with Gasteiger partial charge < -0.3 is 10.6 Å². The molecule has 0 aliphatic rings. The summed E-state index contributed by atoms with van der Waals surface area (Å²) >= 11 is 0. The molecule has 230 valence electrons. The Bertz CT molecular complexity index is 376. The molecule has 0 fully saturated rings. The van der Waals surface area contributed by atoms with Crippen molar-refractivity contribution in [1.29, 1.82) is 0 Å². The minimum atomic E-state index is 0.338. The Morgan fingerprint density at radius 2 is 0.605 bits per heavy atom. The summed E-state index contributed by atoms with van der Waals surface area (Å²) in [7, 11) is 0. The monoisotopic (exact) mass is 537 g/mol. The summed E-state index contributed by atoms with van der Waals surface area (Å²) in [5, 5.41) is 0. The molecule has 0 heterocycles. The molecular formula is C36H76N2. The summed E-state index contributed by atoms with van der Waals surface area (Å²) in [6, 6.07) is 0.338. The van der Waals surface area contributed by atoms with E-state index in [-0.39, 0.29) is 0 Å². The highest BCUT2D eigenvalue weighted by Gasteiger charge is 2.06. The van der Waals surface area contributed by atoms with E-state index in [0.29, 0.717) is 6.04 Å². The molecule has 0 radical (unpaired) electrons. The van der Waals surface area contributed by atoms with E-state index in [4.69, 9.17) is 5.73 Å². The second-order valence-corrected chi connectivity index (χ2v) is 12.8. The van der Waals surface area contributed by atoms with Gasteiger partial charge in [0, 0.05) is 6.04 Å². The van der Waals surface area contributed by atoms with Crippen molar-refractivity contribution in [2.24, 2.45) is 5.73 Å². The molecular weight excluding hydrogens is 460 g/mol. The fourth-order valence-corrected chi connectivity index (χ4v) is 5.78. The van der Waals surface area contributed by atoms with Crippen molar-refractivity contribution >= 4 is 0 Å². The predicted molar refractivity (Wildman–Crippen MR) is 175 cm³/mol. The van der Waals surface area contributed by atoms with Gasteiger partial charge in [-0.3, -0.25) is 0 Å². The largest absolute Gasteiger partial charge is 0.328 e.